The van der Waals surface area contributed by atoms with E-state index in [0.717, 1.165) is 11.3 Å². The van der Waals surface area contributed by atoms with E-state index >= 15 is 0 Å². The van der Waals surface area contributed by atoms with Gasteiger partial charge < -0.3 is 20.3 Å². The molecule has 0 bridgehead atoms. The van der Waals surface area contributed by atoms with Crippen LogP contribution in [0.5, 0.6) is 0 Å². The molecule has 0 aromatic heterocycles. The number of carbonyl (C=O) groups excluding carboxylic acids is 2. The second kappa shape index (κ2) is 10.6. The monoisotopic (exact) mass is 493 g/mol. The van der Waals surface area contributed by atoms with Gasteiger partial charge in [0.2, 0.25) is 0 Å². The first-order valence-corrected chi connectivity index (χ1v) is 12.2. The molecule has 0 fully saturated rings. The number of thiocarbonyl (C=S) groups is 1. The molecule has 1 amide bonds. The summed E-state index contributed by atoms with van der Waals surface area (Å²) in [6.45, 7) is 12.6. The predicted octanol–water partition coefficient (Wildman–Crippen LogP) is 5.57. The summed E-state index contributed by atoms with van der Waals surface area (Å²) in [5.74, 6) is -0.348. The Morgan fingerprint density at radius 3 is 2.40 bits per heavy atom. The number of amides is 1. The molecule has 6 nitrogen and oxygen atoms in total. The maximum atomic E-state index is 13.0. The number of esters is 1. The summed E-state index contributed by atoms with van der Waals surface area (Å²) in [6.07, 6.45) is 0. The number of rotatable bonds is 6. The van der Waals surface area contributed by atoms with Crippen LogP contribution in [0.4, 0.5) is 5.69 Å². The fraction of sp³-hybridized carbons (Fsp3) is 0.393. The van der Waals surface area contributed by atoms with E-state index in [0.29, 0.717) is 28.5 Å². The van der Waals surface area contributed by atoms with Crippen molar-refractivity contribution in [3.63, 3.8) is 0 Å². The maximum Gasteiger partial charge on any atom is 0.338 e. The Balaban J connectivity index is 1.86. The molecule has 7 heteroatoms. The molecule has 2 aromatic carbocycles. The first kappa shape index (κ1) is 26.4. The van der Waals surface area contributed by atoms with Gasteiger partial charge in [-0.15, -0.1) is 0 Å². The van der Waals surface area contributed by atoms with Crippen molar-refractivity contribution in [3.05, 3.63) is 76.5 Å². The van der Waals surface area contributed by atoms with Crippen LogP contribution in [0.1, 0.15) is 69.1 Å². The molecule has 0 saturated carbocycles. The first-order valence-electron chi connectivity index (χ1n) is 11.8. The van der Waals surface area contributed by atoms with Crippen LogP contribution in [0.15, 0.2) is 59.8 Å². The summed E-state index contributed by atoms with van der Waals surface area (Å²) in [6, 6.07) is 14.6. The number of carbonyl (C=O) groups is 2. The summed E-state index contributed by atoms with van der Waals surface area (Å²) in [4.78, 5) is 27.7. The van der Waals surface area contributed by atoms with E-state index in [4.69, 9.17) is 17.0 Å². The molecule has 2 N–H and O–H groups in total. The van der Waals surface area contributed by atoms with Gasteiger partial charge in [-0.1, -0.05) is 58.9 Å². The number of hydrogen-bond donors (Lipinski definition) is 2. The van der Waals surface area contributed by atoms with E-state index in [1.165, 1.54) is 5.56 Å². The van der Waals surface area contributed by atoms with E-state index < -0.39 is 6.04 Å². The Morgan fingerprint density at radius 2 is 1.80 bits per heavy atom. The van der Waals surface area contributed by atoms with Crippen molar-refractivity contribution in [2.75, 3.05) is 19.0 Å². The summed E-state index contributed by atoms with van der Waals surface area (Å²) in [5.41, 5.74) is 4.44. The van der Waals surface area contributed by atoms with Crippen LogP contribution in [0, 0.1) is 5.92 Å². The second-order valence-electron chi connectivity index (χ2n) is 10.3. The number of allylic oxidation sites excluding steroid dienone is 1. The van der Waals surface area contributed by atoms with Gasteiger partial charge in [0.05, 0.1) is 18.2 Å². The van der Waals surface area contributed by atoms with Crippen molar-refractivity contribution in [1.29, 1.82) is 0 Å². The molecular formula is C28H35N3O3S. The van der Waals surface area contributed by atoms with Gasteiger partial charge in [-0.05, 0) is 65.9 Å². The second-order valence-corrected chi connectivity index (χ2v) is 10.7. The molecule has 0 radical (unpaired) electrons. The molecule has 1 aliphatic rings. The van der Waals surface area contributed by atoms with Crippen molar-refractivity contribution in [2.24, 2.45) is 5.92 Å². The Kier molecular flexibility index (Phi) is 8.00. The lowest BCUT2D eigenvalue weighted by molar-refractivity contribution is -0.140. The summed E-state index contributed by atoms with van der Waals surface area (Å²) in [5, 5.41) is 6.73. The van der Waals surface area contributed by atoms with E-state index in [-0.39, 0.29) is 23.2 Å². The van der Waals surface area contributed by atoms with Gasteiger partial charge in [0.1, 0.15) is 0 Å². The highest BCUT2D eigenvalue weighted by atomic mass is 32.1. The van der Waals surface area contributed by atoms with Crippen LogP contribution in [-0.2, 0) is 14.9 Å². The van der Waals surface area contributed by atoms with Crippen molar-refractivity contribution < 1.29 is 14.3 Å². The molecule has 0 saturated heterocycles. The molecular weight excluding hydrogens is 458 g/mol. The lowest BCUT2D eigenvalue weighted by Crippen LogP contribution is -2.46. The average molecular weight is 494 g/mol. The smallest absolute Gasteiger partial charge is 0.338 e. The van der Waals surface area contributed by atoms with Crippen LogP contribution >= 0.6 is 12.2 Å². The highest BCUT2D eigenvalue weighted by molar-refractivity contribution is 7.80. The van der Waals surface area contributed by atoms with Crippen molar-refractivity contribution in [3.8, 4) is 0 Å². The summed E-state index contributed by atoms with van der Waals surface area (Å²) < 4.78 is 5.56. The third-order valence-corrected chi connectivity index (χ3v) is 6.40. The zero-order valence-corrected chi connectivity index (χ0v) is 22.4. The highest BCUT2D eigenvalue weighted by Gasteiger charge is 2.33. The molecule has 1 heterocycles. The average Bonchev–Trinajstić information content (AvgIpc) is 2.80. The van der Waals surface area contributed by atoms with E-state index in [9.17, 15) is 9.59 Å². The topological polar surface area (TPSA) is 70.7 Å². The van der Waals surface area contributed by atoms with E-state index in [1.54, 1.807) is 4.90 Å². The van der Waals surface area contributed by atoms with Gasteiger partial charge in [0.15, 0.2) is 5.11 Å². The Bertz CT molecular complexity index is 1150. The van der Waals surface area contributed by atoms with Crippen LogP contribution in [0.25, 0.3) is 0 Å². The number of benzene rings is 2. The largest absolute Gasteiger partial charge is 0.462 e. The standard InChI is InChI=1S/C28H35N3O3S/c1-17(2)16-34-26(33)23-18(3)31(7)27(35)30-24(23)20-9-8-10-22(15-20)29-25(32)19-11-13-21(14-12-19)28(4,5)6/h8-15,17,24H,16H2,1-7H3,(H,29,32)(H,30,35)/t24-/m1/s1. The number of anilines is 1. The summed E-state index contributed by atoms with van der Waals surface area (Å²) in [7, 11) is 1.82. The molecule has 3 rings (SSSR count). The van der Waals surface area contributed by atoms with Gasteiger partial charge in [0, 0.05) is 24.0 Å². The zero-order chi connectivity index (χ0) is 25.9. The van der Waals surface area contributed by atoms with Crippen LogP contribution < -0.4 is 10.6 Å². The first-order chi connectivity index (χ1) is 16.4. The molecule has 2 aromatic rings. The van der Waals surface area contributed by atoms with Gasteiger partial charge in [-0.25, -0.2) is 4.79 Å². The van der Waals surface area contributed by atoms with E-state index in [2.05, 4.69) is 31.4 Å². The van der Waals surface area contributed by atoms with Gasteiger partial charge in [-0.2, -0.15) is 0 Å². The Labute approximate surface area is 213 Å². The van der Waals surface area contributed by atoms with Gasteiger partial charge in [0.25, 0.3) is 5.91 Å². The molecule has 0 unspecified atom stereocenters. The van der Waals surface area contributed by atoms with Crippen molar-refractivity contribution >= 4 is 34.9 Å². The molecule has 0 spiro atoms. The number of nitrogens with one attached hydrogen (secondary N) is 2. The minimum Gasteiger partial charge on any atom is -0.462 e. The van der Waals surface area contributed by atoms with Crippen LogP contribution in [0.2, 0.25) is 0 Å². The van der Waals surface area contributed by atoms with Crippen LogP contribution in [-0.4, -0.2) is 35.5 Å². The molecule has 186 valence electrons. The minimum absolute atomic E-state index is 0.0185. The number of hydrogen-bond acceptors (Lipinski definition) is 4. The van der Waals surface area contributed by atoms with Gasteiger partial charge in [-0.3, -0.25) is 4.79 Å². The Morgan fingerprint density at radius 1 is 1.14 bits per heavy atom. The third kappa shape index (κ3) is 6.28. The predicted molar refractivity (Wildman–Crippen MR) is 144 cm³/mol. The lowest BCUT2D eigenvalue weighted by atomic mass is 9.86. The maximum absolute atomic E-state index is 13.0. The van der Waals surface area contributed by atoms with Crippen LogP contribution in [0.3, 0.4) is 0 Å². The molecule has 1 aliphatic heterocycles. The SMILES string of the molecule is CC1=C(C(=O)OCC(C)C)[C@@H](c2cccc(NC(=O)c3ccc(C(C)(C)C)cc3)c2)NC(=S)N1C. The van der Waals surface area contributed by atoms with Crippen molar-refractivity contribution in [2.45, 2.75) is 53.0 Å². The highest BCUT2D eigenvalue weighted by Crippen LogP contribution is 2.32. The molecule has 35 heavy (non-hydrogen) atoms. The summed E-state index contributed by atoms with van der Waals surface area (Å²) >= 11 is 5.49. The molecule has 0 aliphatic carbocycles. The number of nitrogens with zero attached hydrogens (tertiary/aromatic N) is 1. The minimum atomic E-state index is -0.485. The normalized spacial score (nSPS) is 16.3. The number of ether oxygens (including phenoxy) is 1. The third-order valence-electron chi connectivity index (χ3n) is 6.01. The quantitative estimate of drug-likeness (QED) is 0.405. The molecule has 1 atom stereocenters. The van der Waals surface area contributed by atoms with Crippen molar-refractivity contribution in [1.82, 2.24) is 10.2 Å². The van der Waals surface area contributed by atoms with E-state index in [1.807, 2.05) is 76.3 Å². The zero-order valence-electron chi connectivity index (χ0n) is 21.6. The fourth-order valence-corrected chi connectivity index (χ4v) is 4.05. The lowest BCUT2D eigenvalue weighted by Gasteiger charge is -2.35. The fourth-order valence-electron chi connectivity index (χ4n) is 3.79. The van der Waals surface area contributed by atoms with Gasteiger partial charge >= 0.3 is 5.97 Å². The Hall–Kier alpha value is -3.19.